The fraction of sp³-hybridized carbons (Fsp3) is 0.429. The average molecular weight is 173 g/mol. The SMILES string of the molecule is COc1cscc1C(N)CO. The first-order chi connectivity index (χ1) is 5.29. The highest BCUT2D eigenvalue weighted by atomic mass is 32.1. The normalized spacial score (nSPS) is 13.0. The molecule has 0 bridgehead atoms. The Labute approximate surface area is 69.4 Å². The molecule has 0 spiro atoms. The Balaban J connectivity index is 2.83. The summed E-state index contributed by atoms with van der Waals surface area (Å²) < 4.78 is 5.03. The van der Waals surface area contributed by atoms with Crippen LogP contribution in [0.4, 0.5) is 0 Å². The van der Waals surface area contributed by atoms with Crippen molar-refractivity contribution in [2.24, 2.45) is 5.73 Å². The largest absolute Gasteiger partial charge is 0.496 e. The molecule has 62 valence electrons. The molecule has 1 aromatic rings. The van der Waals surface area contributed by atoms with Gasteiger partial charge < -0.3 is 15.6 Å². The van der Waals surface area contributed by atoms with E-state index in [-0.39, 0.29) is 12.6 Å². The molecule has 11 heavy (non-hydrogen) atoms. The number of ether oxygens (including phenoxy) is 1. The number of aliphatic hydroxyl groups excluding tert-OH is 1. The van der Waals surface area contributed by atoms with Crippen molar-refractivity contribution < 1.29 is 9.84 Å². The molecule has 0 fully saturated rings. The van der Waals surface area contributed by atoms with Gasteiger partial charge in [-0.3, -0.25) is 0 Å². The van der Waals surface area contributed by atoms with Crippen LogP contribution in [0.25, 0.3) is 0 Å². The van der Waals surface area contributed by atoms with E-state index in [1.54, 1.807) is 7.11 Å². The topological polar surface area (TPSA) is 55.5 Å². The molecule has 3 N–H and O–H groups in total. The molecule has 0 saturated heterocycles. The molecular formula is C7H11NO2S. The Hall–Kier alpha value is -0.580. The number of methoxy groups -OCH3 is 1. The molecule has 1 atom stereocenters. The van der Waals surface area contributed by atoms with Crippen molar-refractivity contribution in [2.75, 3.05) is 13.7 Å². The number of nitrogens with two attached hydrogens (primary N) is 1. The first kappa shape index (κ1) is 8.52. The van der Waals surface area contributed by atoms with Crippen molar-refractivity contribution in [3.8, 4) is 5.75 Å². The second-order valence-corrected chi connectivity index (χ2v) is 2.93. The standard InChI is InChI=1S/C7H11NO2S/c1-10-7-4-11-3-5(7)6(8)2-9/h3-4,6,9H,2,8H2,1H3. The van der Waals surface area contributed by atoms with Crippen LogP contribution in [-0.4, -0.2) is 18.8 Å². The van der Waals surface area contributed by atoms with Crippen LogP contribution < -0.4 is 10.5 Å². The van der Waals surface area contributed by atoms with E-state index in [9.17, 15) is 0 Å². The van der Waals surface area contributed by atoms with Gasteiger partial charge in [0.15, 0.2) is 0 Å². The molecule has 0 aliphatic rings. The lowest BCUT2D eigenvalue weighted by atomic mass is 10.2. The summed E-state index contributed by atoms with van der Waals surface area (Å²) in [5.41, 5.74) is 6.47. The Morgan fingerprint density at radius 3 is 3.00 bits per heavy atom. The summed E-state index contributed by atoms with van der Waals surface area (Å²) in [4.78, 5) is 0. The maximum absolute atomic E-state index is 8.75. The lowest BCUT2D eigenvalue weighted by Crippen LogP contribution is -2.14. The van der Waals surface area contributed by atoms with Crippen molar-refractivity contribution in [2.45, 2.75) is 6.04 Å². The lowest BCUT2D eigenvalue weighted by Gasteiger charge is -2.07. The minimum absolute atomic E-state index is 0.0485. The first-order valence-electron chi connectivity index (χ1n) is 3.26. The zero-order chi connectivity index (χ0) is 8.27. The zero-order valence-electron chi connectivity index (χ0n) is 6.28. The van der Waals surface area contributed by atoms with Gasteiger partial charge >= 0.3 is 0 Å². The van der Waals surface area contributed by atoms with Crippen molar-refractivity contribution in [1.82, 2.24) is 0 Å². The van der Waals surface area contributed by atoms with Crippen LogP contribution in [0.5, 0.6) is 5.75 Å². The van der Waals surface area contributed by atoms with Crippen LogP contribution in [0.2, 0.25) is 0 Å². The minimum atomic E-state index is -0.323. The molecule has 0 aliphatic carbocycles. The Bertz CT molecular complexity index is 224. The van der Waals surface area contributed by atoms with Crippen LogP contribution in [0, 0.1) is 0 Å². The molecule has 0 radical (unpaired) electrons. The Kier molecular flexibility index (Phi) is 2.87. The van der Waals surface area contributed by atoms with E-state index < -0.39 is 0 Å². The number of thiophene rings is 1. The van der Waals surface area contributed by atoms with Gasteiger partial charge in [-0.1, -0.05) is 0 Å². The van der Waals surface area contributed by atoms with Crippen LogP contribution in [0.15, 0.2) is 10.8 Å². The third kappa shape index (κ3) is 1.71. The molecule has 3 nitrogen and oxygen atoms in total. The smallest absolute Gasteiger partial charge is 0.134 e. The highest BCUT2D eigenvalue weighted by Gasteiger charge is 2.10. The van der Waals surface area contributed by atoms with Crippen molar-refractivity contribution in [3.05, 3.63) is 16.3 Å². The van der Waals surface area contributed by atoms with Gasteiger partial charge in [-0.05, 0) is 5.38 Å². The fourth-order valence-electron chi connectivity index (χ4n) is 0.830. The predicted octanol–water partition coefficient (Wildman–Crippen LogP) is 0.749. The van der Waals surface area contributed by atoms with Gasteiger partial charge in [-0.15, -0.1) is 11.3 Å². The monoisotopic (exact) mass is 173 g/mol. The van der Waals surface area contributed by atoms with Gasteiger partial charge in [0.05, 0.1) is 19.8 Å². The van der Waals surface area contributed by atoms with E-state index >= 15 is 0 Å². The molecule has 0 saturated carbocycles. The van der Waals surface area contributed by atoms with E-state index in [2.05, 4.69) is 0 Å². The molecular weight excluding hydrogens is 162 g/mol. The molecule has 0 amide bonds. The highest BCUT2D eigenvalue weighted by molar-refractivity contribution is 7.08. The second-order valence-electron chi connectivity index (χ2n) is 2.18. The van der Waals surface area contributed by atoms with E-state index in [1.165, 1.54) is 11.3 Å². The summed E-state index contributed by atoms with van der Waals surface area (Å²) in [6.07, 6.45) is 0. The van der Waals surface area contributed by atoms with Crippen LogP contribution in [0.3, 0.4) is 0 Å². The van der Waals surface area contributed by atoms with Gasteiger partial charge in [0.2, 0.25) is 0 Å². The summed E-state index contributed by atoms with van der Waals surface area (Å²) in [5.74, 6) is 0.761. The van der Waals surface area contributed by atoms with E-state index in [1.807, 2.05) is 10.8 Å². The minimum Gasteiger partial charge on any atom is -0.496 e. The zero-order valence-corrected chi connectivity index (χ0v) is 7.10. The van der Waals surface area contributed by atoms with Crippen molar-refractivity contribution in [1.29, 1.82) is 0 Å². The summed E-state index contributed by atoms with van der Waals surface area (Å²) in [5, 5.41) is 12.5. The van der Waals surface area contributed by atoms with Gasteiger partial charge in [0, 0.05) is 10.9 Å². The molecule has 4 heteroatoms. The van der Waals surface area contributed by atoms with Crippen LogP contribution >= 0.6 is 11.3 Å². The van der Waals surface area contributed by atoms with Gasteiger partial charge in [0.1, 0.15) is 5.75 Å². The summed E-state index contributed by atoms with van der Waals surface area (Å²) in [6.45, 7) is -0.0485. The predicted molar refractivity (Wildman–Crippen MR) is 44.9 cm³/mol. The summed E-state index contributed by atoms with van der Waals surface area (Å²) in [7, 11) is 1.59. The van der Waals surface area contributed by atoms with Crippen LogP contribution in [0.1, 0.15) is 11.6 Å². The number of hydrogen-bond donors (Lipinski definition) is 2. The van der Waals surface area contributed by atoms with Gasteiger partial charge in [0.25, 0.3) is 0 Å². The molecule has 1 heterocycles. The number of aliphatic hydroxyl groups is 1. The maximum atomic E-state index is 8.75. The third-order valence-electron chi connectivity index (χ3n) is 1.47. The van der Waals surface area contributed by atoms with E-state index in [4.69, 9.17) is 15.6 Å². The average Bonchev–Trinajstić information content (AvgIpc) is 2.50. The van der Waals surface area contributed by atoms with Crippen molar-refractivity contribution >= 4 is 11.3 Å². The van der Waals surface area contributed by atoms with Gasteiger partial charge in [-0.2, -0.15) is 0 Å². The summed E-state index contributed by atoms with van der Waals surface area (Å²) >= 11 is 1.52. The molecule has 1 unspecified atom stereocenters. The molecule has 1 aromatic heterocycles. The first-order valence-corrected chi connectivity index (χ1v) is 4.20. The Morgan fingerprint density at radius 1 is 1.73 bits per heavy atom. The van der Waals surface area contributed by atoms with Gasteiger partial charge in [-0.25, -0.2) is 0 Å². The maximum Gasteiger partial charge on any atom is 0.134 e. The summed E-state index contributed by atoms with van der Waals surface area (Å²) in [6, 6.07) is -0.323. The number of rotatable bonds is 3. The highest BCUT2D eigenvalue weighted by Crippen LogP contribution is 2.27. The molecule has 1 rings (SSSR count). The fourth-order valence-corrected chi connectivity index (χ4v) is 1.69. The Morgan fingerprint density at radius 2 is 2.45 bits per heavy atom. The van der Waals surface area contributed by atoms with Crippen molar-refractivity contribution in [3.63, 3.8) is 0 Å². The lowest BCUT2D eigenvalue weighted by molar-refractivity contribution is 0.265. The second kappa shape index (κ2) is 3.71. The third-order valence-corrected chi connectivity index (χ3v) is 2.21. The quantitative estimate of drug-likeness (QED) is 0.709. The number of hydrogen-bond acceptors (Lipinski definition) is 4. The molecule has 0 aliphatic heterocycles. The molecule has 0 aromatic carbocycles. The van der Waals surface area contributed by atoms with E-state index in [0.29, 0.717) is 0 Å². The van der Waals surface area contributed by atoms with Crippen LogP contribution in [-0.2, 0) is 0 Å². The van der Waals surface area contributed by atoms with E-state index in [0.717, 1.165) is 11.3 Å².